The third-order valence-electron chi connectivity index (χ3n) is 3.72. The Hall–Kier alpha value is -1.06. The smallest absolute Gasteiger partial charge is 0.223 e. The highest BCUT2D eigenvalue weighted by molar-refractivity contribution is 6.31. The van der Waals surface area contributed by atoms with Crippen molar-refractivity contribution in [1.29, 1.82) is 0 Å². The number of hydrogen-bond acceptors (Lipinski definition) is 2. The fourth-order valence-electron chi connectivity index (χ4n) is 2.91. The van der Waals surface area contributed by atoms with Gasteiger partial charge >= 0.3 is 0 Å². The van der Waals surface area contributed by atoms with E-state index >= 15 is 0 Å². The van der Waals surface area contributed by atoms with Gasteiger partial charge in [-0.15, -0.1) is 0 Å². The van der Waals surface area contributed by atoms with E-state index in [1.165, 1.54) is 0 Å². The van der Waals surface area contributed by atoms with Crippen molar-refractivity contribution in [3.05, 3.63) is 34.9 Å². The largest absolute Gasteiger partial charge is 0.337 e. The normalized spacial score (nSPS) is 28.3. The maximum absolute atomic E-state index is 11.7. The van der Waals surface area contributed by atoms with Crippen LogP contribution in [-0.2, 0) is 4.79 Å². The first-order valence-electron chi connectivity index (χ1n) is 6.04. The van der Waals surface area contributed by atoms with Gasteiger partial charge in [0.2, 0.25) is 5.91 Å². The molecule has 2 aliphatic heterocycles. The molecule has 0 aliphatic carbocycles. The maximum Gasteiger partial charge on any atom is 0.223 e. The second-order valence-corrected chi connectivity index (χ2v) is 5.05. The third kappa shape index (κ3) is 1.83. The van der Waals surface area contributed by atoms with E-state index in [1.807, 2.05) is 29.2 Å². The highest BCUT2D eigenvalue weighted by atomic mass is 35.5. The molecule has 1 N–H and O–H groups in total. The van der Waals surface area contributed by atoms with Crippen molar-refractivity contribution in [2.24, 2.45) is 0 Å². The van der Waals surface area contributed by atoms with Crippen LogP contribution >= 0.6 is 11.6 Å². The lowest BCUT2D eigenvalue weighted by Gasteiger charge is -2.38. The first-order valence-corrected chi connectivity index (χ1v) is 6.42. The summed E-state index contributed by atoms with van der Waals surface area (Å²) in [4.78, 5) is 13.7. The van der Waals surface area contributed by atoms with Gasteiger partial charge in [0.15, 0.2) is 0 Å². The van der Waals surface area contributed by atoms with Gasteiger partial charge in [-0.05, 0) is 18.1 Å². The van der Waals surface area contributed by atoms with Gasteiger partial charge in [-0.25, -0.2) is 0 Å². The summed E-state index contributed by atoms with van der Waals surface area (Å²) in [7, 11) is 0. The van der Waals surface area contributed by atoms with Gasteiger partial charge in [-0.1, -0.05) is 29.8 Å². The Bertz CT molecular complexity index is 449. The molecule has 0 unspecified atom stereocenters. The van der Waals surface area contributed by atoms with Crippen LogP contribution in [0.25, 0.3) is 0 Å². The summed E-state index contributed by atoms with van der Waals surface area (Å²) in [5, 5.41) is 4.27. The van der Waals surface area contributed by atoms with E-state index in [0.717, 1.165) is 30.1 Å². The first-order chi connectivity index (χ1) is 8.27. The molecular weight excluding hydrogens is 236 g/mol. The number of hydrogen-bond donors (Lipinski definition) is 1. The summed E-state index contributed by atoms with van der Waals surface area (Å²) in [5.74, 6) is 0.286. The highest BCUT2D eigenvalue weighted by Gasteiger charge is 2.39. The zero-order valence-corrected chi connectivity index (χ0v) is 10.3. The lowest BCUT2D eigenvalue weighted by atomic mass is 9.95. The fourth-order valence-corrected chi connectivity index (χ4v) is 3.17. The zero-order chi connectivity index (χ0) is 11.8. The minimum atomic E-state index is 0.184. The predicted molar refractivity (Wildman–Crippen MR) is 66.9 cm³/mol. The number of carbonyl (C=O) groups is 1. The minimum absolute atomic E-state index is 0.184. The lowest BCUT2D eigenvalue weighted by Crippen LogP contribution is -2.51. The van der Waals surface area contributed by atoms with Crippen LogP contribution in [0.3, 0.4) is 0 Å². The van der Waals surface area contributed by atoms with E-state index in [4.69, 9.17) is 11.6 Å². The van der Waals surface area contributed by atoms with E-state index in [2.05, 4.69) is 5.32 Å². The van der Waals surface area contributed by atoms with Crippen molar-refractivity contribution in [3.8, 4) is 0 Å². The van der Waals surface area contributed by atoms with Crippen LogP contribution in [0.15, 0.2) is 24.3 Å². The molecule has 4 heteroatoms. The van der Waals surface area contributed by atoms with Gasteiger partial charge in [-0.3, -0.25) is 4.79 Å². The van der Waals surface area contributed by atoms with Crippen LogP contribution in [0.2, 0.25) is 5.02 Å². The predicted octanol–water partition coefficient (Wildman–Crippen LogP) is 1.98. The molecule has 2 heterocycles. The van der Waals surface area contributed by atoms with Crippen molar-refractivity contribution in [2.45, 2.75) is 24.9 Å². The minimum Gasteiger partial charge on any atom is -0.337 e. The van der Waals surface area contributed by atoms with Gasteiger partial charge in [0.05, 0.1) is 12.1 Å². The van der Waals surface area contributed by atoms with Crippen LogP contribution < -0.4 is 5.32 Å². The summed E-state index contributed by atoms with van der Waals surface area (Å²) in [6, 6.07) is 8.35. The first kappa shape index (κ1) is 11.1. The van der Waals surface area contributed by atoms with Gasteiger partial charge < -0.3 is 10.2 Å². The molecule has 2 fully saturated rings. The Labute approximate surface area is 106 Å². The van der Waals surface area contributed by atoms with E-state index < -0.39 is 0 Å². The van der Waals surface area contributed by atoms with Crippen molar-refractivity contribution in [3.63, 3.8) is 0 Å². The molecule has 1 aromatic rings. The quantitative estimate of drug-likeness (QED) is 0.827. The molecule has 2 saturated heterocycles. The molecule has 0 saturated carbocycles. The highest BCUT2D eigenvalue weighted by Crippen LogP contribution is 2.34. The van der Waals surface area contributed by atoms with Crippen molar-refractivity contribution in [2.75, 3.05) is 13.1 Å². The molecule has 0 radical (unpaired) electrons. The summed E-state index contributed by atoms with van der Waals surface area (Å²) >= 11 is 6.24. The van der Waals surface area contributed by atoms with Crippen LogP contribution in [0.1, 0.15) is 24.4 Å². The molecule has 3 rings (SSSR count). The number of carbonyl (C=O) groups excluding carboxylic acids is 1. The number of piperazine rings is 1. The Morgan fingerprint density at radius 1 is 1.35 bits per heavy atom. The van der Waals surface area contributed by atoms with E-state index in [-0.39, 0.29) is 18.0 Å². The summed E-state index contributed by atoms with van der Waals surface area (Å²) in [5.41, 5.74) is 1.11. The van der Waals surface area contributed by atoms with Crippen LogP contribution in [0.5, 0.6) is 0 Å². The number of fused-ring (bicyclic) bond motifs is 1. The lowest BCUT2D eigenvalue weighted by molar-refractivity contribution is -0.130. The number of halogens is 1. The van der Waals surface area contributed by atoms with E-state index in [0.29, 0.717) is 6.42 Å². The topological polar surface area (TPSA) is 32.3 Å². The van der Waals surface area contributed by atoms with E-state index in [9.17, 15) is 4.79 Å². The Morgan fingerprint density at radius 2 is 2.18 bits per heavy atom. The number of nitrogens with zero attached hydrogens (tertiary/aromatic N) is 1. The Balaban J connectivity index is 1.93. The van der Waals surface area contributed by atoms with Crippen LogP contribution in [0, 0.1) is 0 Å². The molecule has 17 heavy (non-hydrogen) atoms. The molecule has 0 spiro atoms. The number of nitrogens with one attached hydrogen (secondary N) is 1. The van der Waals surface area contributed by atoms with Crippen molar-refractivity contribution < 1.29 is 4.79 Å². The zero-order valence-electron chi connectivity index (χ0n) is 9.53. The number of rotatable bonds is 1. The van der Waals surface area contributed by atoms with Crippen molar-refractivity contribution >= 4 is 17.5 Å². The average molecular weight is 251 g/mol. The number of amides is 1. The molecular formula is C13H15ClN2O. The van der Waals surface area contributed by atoms with Crippen LogP contribution in [0.4, 0.5) is 0 Å². The fraction of sp³-hybridized carbons (Fsp3) is 0.462. The molecule has 2 aliphatic rings. The molecule has 2 atom stereocenters. The van der Waals surface area contributed by atoms with Gasteiger partial charge in [0.25, 0.3) is 0 Å². The Morgan fingerprint density at radius 3 is 3.00 bits per heavy atom. The summed E-state index contributed by atoms with van der Waals surface area (Å²) in [6.45, 7) is 1.67. The van der Waals surface area contributed by atoms with Gasteiger partial charge in [-0.2, -0.15) is 0 Å². The molecule has 3 nitrogen and oxygen atoms in total. The SMILES string of the molecule is O=C1CC[C@H]2[C@H](c3ccccc3Cl)NCCN12. The summed E-state index contributed by atoms with van der Waals surface area (Å²) < 4.78 is 0. The second kappa shape index (κ2) is 4.31. The monoisotopic (exact) mass is 250 g/mol. The Kier molecular flexibility index (Phi) is 2.81. The molecule has 90 valence electrons. The van der Waals surface area contributed by atoms with Crippen molar-refractivity contribution in [1.82, 2.24) is 10.2 Å². The second-order valence-electron chi connectivity index (χ2n) is 4.65. The van der Waals surface area contributed by atoms with Crippen LogP contribution in [-0.4, -0.2) is 29.9 Å². The third-order valence-corrected chi connectivity index (χ3v) is 4.06. The average Bonchev–Trinajstić information content (AvgIpc) is 2.72. The molecule has 0 bridgehead atoms. The molecule has 1 amide bonds. The number of benzene rings is 1. The maximum atomic E-state index is 11.7. The van der Waals surface area contributed by atoms with Gasteiger partial charge in [0.1, 0.15) is 0 Å². The molecule has 1 aromatic carbocycles. The standard InChI is InChI=1S/C13H15ClN2O/c14-10-4-2-1-3-9(10)13-11-5-6-12(17)16(11)8-7-15-13/h1-4,11,13,15H,5-8H2/t11-,13-/m0/s1. The van der Waals surface area contributed by atoms with E-state index in [1.54, 1.807) is 0 Å². The van der Waals surface area contributed by atoms with Gasteiger partial charge in [0, 0.05) is 24.5 Å². The molecule has 0 aromatic heterocycles. The summed E-state index contributed by atoms with van der Waals surface area (Å²) in [6.07, 6.45) is 1.61.